The van der Waals surface area contributed by atoms with E-state index in [0.29, 0.717) is 26.8 Å². The summed E-state index contributed by atoms with van der Waals surface area (Å²) in [7, 11) is 0. The molecule has 0 saturated carbocycles. The molecule has 2 aromatic heterocycles. The van der Waals surface area contributed by atoms with Gasteiger partial charge in [0.15, 0.2) is 5.16 Å². The lowest BCUT2D eigenvalue weighted by atomic mass is 10.00. The molecular weight excluding hydrogens is 474 g/mol. The molecule has 0 bridgehead atoms. The summed E-state index contributed by atoms with van der Waals surface area (Å²) in [4.78, 5) is 55.8. The van der Waals surface area contributed by atoms with Gasteiger partial charge in [-0.05, 0) is 25.0 Å². The maximum Gasteiger partial charge on any atom is 0.344 e. The first kappa shape index (κ1) is 23.7. The zero-order valence-corrected chi connectivity index (χ0v) is 20.3. The van der Waals surface area contributed by atoms with Gasteiger partial charge in [0.25, 0.3) is 11.5 Å². The number of rotatable bonds is 8. The van der Waals surface area contributed by atoms with Crippen LogP contribution in [0.5, 0.6) is 0 Å². The first-order chi connectivity index (χ1) is 16.3. The van der Waals surface area contributed by atoms with Gasteiger partial charge in [0.1, 0.15) is 10.2 Å². The molecule has 1 fully saturated rings. The second-order valence-electron chi connectivity index (χ2n) is 7.87. The van der Waals surface area contributed by atoms with Gasteiger partial charge in [-0.2, -0.15) is 5.01 Å². The molecule has 3 heterocycles. The summed E-state index contributed by atoms with van der Waals surface area (Å²) in [5.74, 6) is -1.23. The minimum absolute atomic E-state index is 0.148. The Hall–Kier alpha value is -3.44. The van der Waals surface area contributed by atoms with Gasteiger partial charge in [-0.1, -0.05) is 55.1 Å². The van der Waals surface area contributed by atoms with Gasteiger partial charge in [0.05, 0.1) is 11.3 Å². The van der Waals surface area contributed by atoms with E-state index >= 15 is 0 Å². The second kappa shape index (κ2) is 9.43. The number of allylic oxidation sites excluding steroid dienone is 1. The fourth-order valence-corrected chi connectivity index (χ4v) is 5.30. The molecule has 0 spiro atoms. The van der Waals surface area contributed by atoms with Crippen LogP contribution in [-0.4, -0.2) is 43.7 Å². The van der Waals surface area contributed by atoms with Crippen molar-refractivity contribution in [1.82, 2.24) is 25.3 Å². The first-order valence-electron chi connectivity index (χ1n) is 10.6. The van der Waals surface area contributed by atoms with E-state index in [4.69, 9.17) is 0 Å². The molecule has 1 atom stereocenters. The van der Waals surface area contributed by atoms with Crippen LogP contribution in [0.4, 0.5) is 4.79 Å². The maximum absolute atomic E-state index is 13.2. The Labute approximate surface area is 203 Å². The van der Waals surface area contributed by atoms with Gasteiger partial charge in [0.2, 0.25) is 5.91 Å². The molecule has 4 amide bonds. The predicted octanol–water partition coefficient (Wildman–Crippen LogP) is 3.15. The highest BCUT2D eigenvalue weighted by Gasteiger charge is 2.47. The Morgan fingerprint density at radius 3 is 2.68 bits per heavy atom. The van der Waals surface area contributed by atoms with Crippen LogP contribution in [0.1, 0.15) is 20.3 Å². The number of hydrogen-bond acceptors (Lipinski definition) is 7. The zero-order chi connectivity index (χ0) is 24.5. The Balaban J connectivity index is 1.56. The number of carbonyl (C=O) groups is 3. The highest BCUT2D eigenvalue weighted by atomic mass is 32.2. The molecule has 1 unspecified atom stereocenters. The largest absolute Gasteiger partial charge is 0.344 e. The standard InChI is InChI=1S/C23H23N5O4S2/c1-4-11-27-19(30)18-15(12-16(34-18)14-9-7-6-8-10-14)24-22(27)33-13-17(29)26-28-20(31)23(3,5-2)25-21(28)32/h4,6-10,12H,1,5,11,13H2,2-3H3,(H,25,32)(H,26,29). The monoisotopic (exact) mass is 497 g/mol. The number of nitrogens with one attached hydrogen (secondary N) is 2. The fourth-order valence-electron chi connectivity index (χ4n) is 3.45. The molecule has 1 aromatic carbocycles. The molecule has 2 N–H and O–H groups in total. The van der Waals surface area contributed by atoms with Gasteiger partial charge >= 0.3 is 6.03 Å². The smallest absolute Gasteiger partial charge is 0.322 e. The summed E-state index contributed by atoms with van der Waals surface area (Å²) >= 11 is 2.41. The number of amides is 4. The van der Waals surface area contributed by atoms with Crippen molar-refractivity contribution in [3.05, 3.63) is 59.4 Å². The van der Waals surface area contributed by atoms with E-state index in [-0.39, 0.29) is 17.9 Å². The predicted molar refractivity (Wildman–Crippen MR) is 132 cm³/mol. The average Bonchev–Trinajstić information content (AvgIpc) is 3.35. The number of imide groups is 1. The molecule has 34 heavy (non-hydrogen) atoms. The Bertz CT molecular complexity index is 1350. The molecule has 1 aliphatic rings. The van der Waals surface area contributed by atoms with Crippen LogP contribution in [0.25, 0.3) is 20.7 Å². The summed E-state index contributed by atoms with van der Waals surface area (Å²) in [6.07, 6.45) is 1.98. The van der Waals surface area contributed by atoms with E-state index in [1.54, 1.807) is 19.9 Å². The van der Waals surface area contributed by atoms with Gasteiger partial charge in [-0.15, -0.1) is 17.9 Å². The number of hydrazine groups is 1. The average molecular weight is 498 g/mol. The van der Waals surface area contributed by atoms with Gasteiger partial charge in [0, 0.05) is 11.4 Å². The normalized spacial score (nSPS) is 17.8. The summed E-state index contributed by atoms with van der Waals surface area (Å²) < 4.78 is 1.98. The molecule has 0 radical (unpaired) electrons. The lowest BCUT2D eigenvalue weighted by Crippen LogP contribution is -2.49. The Morgan fingerprint density at radius 2 is 2.03 bits per heavy atom. The lowest BCUT2D eigenvalue weighted by Gasteiger charge is -2.19. The topological polar surface area (TPSA) is 113 Å². The van der Waals surface area contributed by atoms with Crippen molar-refractivity contribution in [3.8, 4) is 10.4 Å². The number of thiophene rings is 1. The quantitative estimate of drug-likeness (QED) is 0.214. The number of carbonyl (C=O) groups excluding carboxylic acids is 3. The van der Waals surface area contributed by atoms with Crippen molar-refractivity contribution < 1.29 is 14.4 Å². The molecule has 1 aliphatic heterocycles. The second-order valence-corrected chi connectivity index (χ2v) is 9.86. The highest BCUT2D eigenvalue weighted by molar-refractivity contribution is 7.99. The van der Waals surface area contributed by atoms with Gasteiger partial charge < -0.3 is 5.32 Å². The van der Waals surface area contributed by atoms with Gasteiger partial charge in [-0.3, -0.25) is 24.4 Å². The van der Waals surface area contributed by atoms with Crippen LogP contribution in [-0.2, 0) is 16.1 Å². The molecule has 0 aliphatic carbocycles. The van der Waals surface area contributed by atoms with Crippen LogP contribution < -0.4 is 16.3 Å². The zero-order valence-electron chi connectivity index (χ0n) is 18.7. The van der Waals surface area contributed by atoms with Crippen molar-refractivity contribution in [2.45, 2.75) is 37.5 Å². The number of fused-ring (bicyclic) bond motifs is 1. The van der Waals surface area contributed by atoms with E-state index in [9.17, 15) is 19.2 Å². The summed E-state index contributed by atoms with van der Waals surface area (Å²) in [5, 5.41) is 3.62. The SMILES string of the molecule is C=CCn1c(SCC(=O)NN2C(=O)NC(C)(CC)C2=O)nc2cc(-c3ccccc3)sc2c1=O. The molecule has 1 saturated heterocycles. The Kier molecular flexibility index (Phi) is 6.58. The van der Waals surface area contributed by atoms with Crippen LogP contribution in [0.15, 0.2) is 59.0 Å². The Morgan fingerprint density at radius 1 is 1.29 bits per heavy atom. The van der Waals surface area contributed by atoms with Crippen LogP contribution in [0.2, 0.25) is 0 Å². The minimum atomic E-state index is -1.05. The summed E-state index contributed by atoms with van der Waals surface area (Å²) in [6, 6.07) is 10.9. The molecular formula is C23H23N5O4S2. The van der Waals surface area contributed by atoms with E-state index < -0.39 is 23.4 Å². The number of nitrogens with zero attached hydrogens (tertiary/aromatic N) is 3. The fraction of sp³-hybridized carbons (Fsp3) is 0.261. The third kappa shape index (κ3) is 4.36. The van der Waals surface area contributed by atoms with Crippen LogP contribution >= 0.6 is 23.1 Å². The van der Waals surface area contributed by atoms with Gasteiger partial charge in [-0.25, -0.2) is 9.78 Å². The summed E-state index contributed by atoms with van der Waals surface area (Å²) in [5.41, 5.74) is 2.61. The lowest BCUT2D eigenvalue weighted by molar-refractivity contribution is -0.137. The molecule has 9 nitrogen and oxygen atoms in total. The minimum Gasteiger partial charge on any atom is -0.322 e. The van der Waals surface area contributed by atoms with Crippen molar-refractivity contribution in [2.75, 3.05) is 5.75 Å². The van der Waals surface area contributed by atoms with Crippen molar-refractivity contribution in [2.24, 2.45) is 0 Å². The van der Waals surface area contributed by atoms with E-state index in [0.717, 1.165) is 22.2 Å². The first-order valence-corrected chi connectivity index (χ1v) is 12.4. The molecule has 4 rings (SSSR count). The number of benzene rings is 1. The number of aromatic nitrogens is 2. The molecule has 3 aromatic rings. The number of thioether (sulfide) groups is 1. The van der Waals surface area contributed by atoms with Crippen LogP contribution in [0, 0.1) is 0 Å². The highest BCUT2D eigenvalue weighted by Crippen LogP contribution is 2.32. The van der Waals surface area contributed by atoms with Crippen molar-refractivity contribution in [1.29, 1.82) is 0 Å². The third-order valence-corrected chi connectivity index (χ3v) is 7.64. The third-order valence-electron chi connectivity index (χ3n) is 5.51. The summed E-state index contributed by atoms with van der Waals surface area (Å²) in [6.45, 7) is 7.31. The van der Waals surface area contributed by atoms with E-state index in [1.165, 1.54) is 15.9 Å². The van der Waals surface area contributed by atoms with Crippen molar-refractivity contribution in [3.63, 3.8) is 0 Å². The number of hydrogen-bond donors (Lipinski definition) is 2. The molecule has 11 heteroatoms. The van der Waals surface area contributed by atoms with E-state index in [1.807, 2.05) is 36.4 Å². The van der Waals surface area contributed by atoms with E-state index in [2.05, 4.69) is 22.3 Å². The maximum atomic E-state index is 13.2. The molecule has 176 valence electrons. The van der Waals surface area contributed by atoms with Crippen LogP contribution in [0.3, 0.4) is 0 Å². The number of urea groups is 1. The van der Waals surface area contributed by atoms with Crippen molar-refractivity contribution >= 4 is 51.2 Å².